The Hall–Kier alpha value is -2.02. The summed E-state index contributed by atoms with van der Waals surface area (Å²) in [7, 11) is 0. The second-order valence-corrected chi connectivity index (χ2v) is 4.65. The lowest BCUT2D eigenvalue weighted by Crippen LogP contribution is -2.50. The highest BCUT2D eigenvalue weighted by molar-refractivity contribution is 5.96. The molecule has 0 aromatic heterocycles. The van der Waals surface area contributed by atoms with E-state index in [1.54, 1.807) is 0 Å². The maximum Gasteiger partial charge on any atom is 0.335 e. The van der Waals surface area contributed by atoms with Crippen LogP contribution >= 0.6 is 0 Å². The molecule has 0 aliphatic carbocycles. The first kappa shape index (κ1) is 16.0. The van der Waals surface area contributed by atoms with Gasteiger partial charge in [0.25, 0.3) is 5.91 Å². The van der Waals surface area contributed by atoms with Crippen LogP contribution in [-0.2, 0) is 0 Å². The Balaban J connectivity index is 2.81. The zero-order valence-corrected chi connectivity index (χ0v) is 10.8. The number of carboxylic acids is 1. The SMILES string of the molecule is CC(CO)(CC(F)F)NC(=O)c1ccc(C(=O)O)cc1. The van der Waals surface area contributed by atoms with E-state index in [1.165, 1.54) is 31.2 Å². The Morgan fingerprint density at radius 2 is 1.75 bits per heavy atom. The predicted molar refractivity (Wildman–Crippen MR) is 67.0 cm³/mol. The van der Waals surface area contributed by atoms with Gasteiger partial charge in [0.15, 0.2) is 0 Å². The van der Waals surface area contributed by atoms with Crippen molar-refractivity contribution < 1.29 is 28.6 Å². The minimum absolute atomic E-state index is 0.0130. The summed E-state index contributed by atoms with van der Waals surface area (Å²) >= 11 is 0. The Kier molecular flexibility index (Phi) is 5.15. The first-order valence-corrected chi connectivity index (χ1v) is 5.82. The van der Waals surface area contributed by atoms with E-state index in [2.05, 4.69) is 5.32 Å². The van der Waals surface area contributed by atoms with Gasteiger partial charge in [0.1, 0.15) is 0 Å². The van der Waals surface area contributed by atoms with E-state index in [4.69, 9.17) is 10.2 Å². The van der Waals surface area contributed by atoms with E-state index in [9.17, 15) is 18.4 Å². The van der Waals surface area contributed by atoms with Gasteiger partial charge < -0.3 is 15.5 Å². The third kappa shape index (κ3) is 4.27. The van der Waals surface area contributed by atoms with Crippen molar-refractivity contribution >= 4 is 11.9 Å². The molecule has 0 saturated carbocycles. The average Bonchev–Trinajstić information content (AvgIpc) is 2.37. The highest BCUT2D eigenvalue weighted by Crippen LogP contribution is 2.16. The summed E-state index contributed by atoms with van der Waals surface area (Å²) in [6, 6.07) is 5.03. The minimum atomic E-state index is -2.66. The molecule has 0 aliphatic rings. The number of benzene rings is 1. The molecule has 110 valence electrons. The van der Waals surface area contributed by atoms with Gasteiger partial charge in [0.05, 0.1) is 17.7 Å². The van der Waals surface area contributed by atoms with Gasteiger partial charge in [-0.25, -0.2) is 13.6 Å². The van der Waals surface area contributed by atoms with E-state index in [-0.39, 0.29) is 11.1 Å². The van der Waals surface area contributed by atoms with E-state index in [0.29, 0.717) is 0 Å². The molecule has 1 amide bonds. The fraction of sp³-hybridized carbons (Fsp3) is 0.385. The quantitative estimate of drug-likeness (QED) is 0.740. The highest BCUT2D eigenvalue weighted by atomic mass is 19.3. The molecular formula is C13H15F2NO4. The number of alkyl halides is 2. The van der Waals surface area contributed by atoms with Crippen LogP contribution in [0.15, 0.2) is 24.3 Å². The maximum atomic E-state index is 12.4. The van der Waals surface area contributed by atoms with Gasteiger partial charge in [-0.2, -0.15) is 0 Å². The van der Waals surface area contributed by atoms with Crippen LogP contribution in [0.5, 0.6) is 0 Å². The summed E-state index contributed by atoms with van der Waals surface area (Å²) in [5, 5.41) is 20.2. The van der Waals surface area contributed by atoms with E-state index in [1.807, 2.05) is 0 Å². The van der Waals surface area contributed by atoms with Crippen molar-refractivity contribution in [2.24, 2.45) is 0 Å². The third-order valence-electron chi connectivity index (χ3n) is 2.76. The van der Waals surface area contributed by atoms with Gasteiger partial charge >= 0.3 is 5.97 Å². The molecule has 3 N–H and O–H groups in total. The van der Waals surface area contributed by atoms with Crippen LogP contribution < -0.4 is 5.32 Å². The van der Waals surface area contributed by atoms with Crippen LogP contribution in [-0.4, -0.2) is 40.7 Å². The molecule has 1 unspecified atom stereocenters. The number of halogens is 2. The molecule has 1 aromatic rings. The normalized spacial score (nSPS) is 13.8. The number of aromatic carboxylic acids is 1. The number of hydrogen-bond acceptors (Lipinski definition) is 3. The molecule has 0 aliphatic heterocycles. The monoisotopic (exact) mass is 287 g/mol. The Bertz CT molecular complexity index is 490. The Morgan fingerprint density at radius 3 is 2.15 bits per heavy atom. The first-order valence-electron chi connectivity index (χ1n) is 5.82. The molecule has 1 aromatic carbocycles. The molecule has 0 bridgehead atoms. The molecular weight excluding hydrogens is 272 g/mol. The van der Waals surface area contributed by atoms with E-state index in [0.717, 1.165) is 0 Å². The zero-order chi connectivity index (χ0) is 15.3. The fourth-order valence-corrected chi connectivity index (χ4v) is 1.61. The second-order valence-electron chi connectivity index (χ2n) is 4.65. The lowest BCUT2D eigenvalue weighted by molar-refractivity contribution is 0.0584. The maximum absolute atomic E-state index is 12.4. The Morgan fingerprint density at radius 1 is 1.25 bits per heavy atom. The number of carbonyl (C=O) groups excluding carboxylic acids is 1. The second kappa shape index (κ2) is 6.42. The molecule has 0 saturated heterocycles. The number of aliphatic hydroxyl groups excluding tert-OH is 1. The van der Waals surface area contributed by atoms with Gasteiger partial charge in [0.2, 0.25) is 6.43 Å². The standard InChI is InChI=1S/C13H15F2NO4/c1-13(7-17,6-10(14)15)16-11(18)8-2-4-9(5-3-8)12(19)20/h2-5,10,17H,6-7H2,1H3,(H,16,18)(H,19,20). The summed E-state index contributed by atoms with van der Waals surface area (Å²) < 4.78 is 24.8. The first-order chi connectivity index (χ1) is 9.27. The number of hydrogen-bond donors (Lipinski definition) is 3. The molecule has 0 spiro atoms. The van der Waals surface area contributed by atoms with Crippen LogP contribution in [0.1, 0.15) is 34.1 Å². The molecule has 5 nitrogen and oxygen atoms in total. The summed E-state index contributed by atoms with van der Waals surface area (Å²) in [5.41, 5.74) is -1.29. The zero-order valence-electron chi connectivity index (χ0n) is 10.8. The van der Waals surface area contributed by atoms with Gasteiger partial charge in [-0.05, 0) is 31.2 Å². The highest BCUT2D eigenvalue weighted by Gasteiger charge is 2.29. The molecule has 0 fully saturated rings. The van der Waals surface area contributed by atoms with Crippen molar-refractivity contribution in [1.82, 2.24) is 5.32 Å². The van der Waals surface area contributed by atoms with Crippen LogP contribution in [0.4, 0.5) is 8.78 Å². The Labute approximate surface area is 114 Å². The number of nitrogens with one attached hydrogen (secondary N) is 1. The summed E-state index contributed by atoms with van der Waals surface area (Å²) in [6.45, 7) is 0.680. The van der Waals surface area contributed by atoms with E-state index < -0.39 is 36.9 Å². The number of rotatable bonds is 6. The third-order valence-corrected chi connectivity index (χ3v) is 2.76. The van der Waals surface area contributed by atoms with Crippen LogP contribution in [0, 0.1) is 0 Å². The smallest absolute Gasteiger partial charge is 0.335 e. The van der Waals surface area contributed by atoms with Crippen molar-refractivity contribution in [3.8, 4) is 0 Å². The molecule has 1 atom stereocenters. The van der Waals surface area contributed by atoms with Crippen molar-refractivity contribution in [3.05, 3.63) is 35.4 Å². The number of carboxylic acid groups (broad SMARTS) is 1. The van der Waals surface area contributed by atoms with Crippen molar-refractivity contribution in [3.63, 3.8) is 0 Å². The molecule has 7 heteroatoms. The predicted octanol–water partition coefficient (Wildman–Crippen LogP) is 1.52. The minimum Gasteiger partial charge on any atom is -0.478 e. The lowest BCUT2D eigenvalue weighted by atomic mass is 9.98. The molecule has 0 heterocycles. The summed E-state index contributed by atoms with van der Waals surface area (Å²) in [4.78, 5) is 22.5. The van der Waals surface area contributed by atoms with Crippen LogP contribution in [0.25, 0.3) is 0 Å². The van der Waals surface area contributed by atoms with Gasteiger partial charge in [0, 0.05) is 12.0 Å². The summed E-state index contributed by atoms with van der Waals surface area (Å²) in [5.74, 6) is -1.78. The summed E-state index contributed by atoms with van der Waals surface area (Å²) in [6.07, 6.45) is -3.34. The van der Waals surface area contributed by atoms with Crippen LogP contribution in [0.3, 0.4) is 0 Å². The number of carbonyl (C=O) groups is 2. The van der Waals surface area contributed by atoms with Gasteiger partial charge in [-0.1, -0.05) is 0 Å². The van der Waals surface area contributed by atoms with Gasteiger partial charge in [-0.3, -0.25) is 4.79 Å². The van der Waals surface area contributed by atoms with Gasteiger partial charge in [-0.15, -0.1) is 0 Å². The molecule has 20 heavy (non-hydrogen) atoms. The van der Waals surface area contributed by atoms with Crippen LogP contribution in [0.2, 0.25) is 0 Å². The van der Waals surface area contributed by atoms with Crippen molar-refractivity contribution in [2.75, 3.05) is 6.61 Å². The fourth-order valence-electron chi connectivity index (χ4n) is 1.61. The van der Waals surface area contributed by atoms with E-state index >= 15 is 0 Å². The largest absolute Gasteiger partial charge is 0.478 e. The number of amides is 1. The molecule has 0 radical (unpaired) electrons. The lowest BCUT2D eigenvalue weighted by Gasteiger charge is -2.28. The number of aliphatic hydroxyl groups is 1. The molecule has 1 rings (SSSR count). The topological polar surface area (TPSA) is 86.6 Å². The van der Waals surface area contributed by atoms with Crippen molar-refractivity contribution in [2.45, 2.75) is 25.3 Å². The average molecular weight is 287 g/mol. The van der Waals surface area contributed by atoms with Crippen molar-refractivity contribution in [1.29, 1.82) is 0 Å².